The number of nitrogens with two attached hydrogens (primary N) is 1. The molecule has 1 heterocycles. The lowest BCUT2D eigenvalue weighted by Gasteiger charge is -2.21. The summed E-state index contributed by atoms with van der Waals surface area (Å²) in [6.07, 6.45) is 1.00. The van der Waals surface area contributed by atoms with Gasteiger partial charge in [0.25, 0.3) is 0 Å². The molecule has 0 bridgehead atoms. The van der Waals surface area contributed by atoms with Crippen LogP contribution in [0.4, 0.5) is 0 Å². The summed E-state index contributed by atoms with van der Waals surface area (Å²) in [6.45, 7) is 4.61. The molecule has 0 aromatic heterocycles. The fraction of sp³-hybridized carbons (Fsp3) is 0.909. The van der Waals surface area contributed by atoms with Crippen molar-refractivity contribution in [3.63, 3.8) is 0 Å². The molecule has 1 amide bonds. The van der Waals surface area contributed by atoms with Crippen molar-refractivity contribution in [1.82, 2.24) is 4.90 Å². The first-order valence-electron chi connectivity index (χ1n) is 5.75. The number of hydrogen-bond donors (Lipinski definition) is 1. The topological polar surface area (TPSA) is 64.8 Å². The third-order valence-corrected chi connectivity index (χ3v) is 2.97. The molecule has 0 radical (unpaired) electrons. The van der Waals surface area contributed by atoms with Crippen LogP contribution >= 0.6 is 12.4 Å². The van der Waals surface area contributed by atoms with E-state index in [0.29, 0.717) is 25.7 Å². The van der Waals surface area contributed by atoms with E-state index in [1.165, 1.54) is 0 Å². The number of ether oxygens (including phenoxy) is 2. The molecule has 1 rings (SSSR count). The van der Waals surface area contributed by atoms with Crippen molar-refractivity contribution < 1.29 is 14.3 Å². The van der Waals surface area contributed by atoms with Gasteiger partial charge in [-0.2, -0.15) is 0 Å². The van der Waals surface area contributed by atoms with Crippen LogP contribution in [0.15, 0.2) is 0 Å². The Morgan fingerprint density at radius 2 is 2.18 bits per heavy atom. The highest BCUT2D eigenvalue weighted by atomic mass is 35.5. The number of rotatable bonds is 6. The summed E-state index contributed by atoms with van der Waals surface area (Å²) >= 11 is 0. The van der Waals surface area contributed by atoms with E-state index in [-0.39, 0.29) is 31.0 Å². The molecule has 17 heavy (non-hydrogen) atoms. The Hall–Kier alpha value is -0.360. The zero-order valence-corrected chi connectivity index (χ0v) is 11.4. The summed E-state index contributed by atoms with van der Waals surface area (Å²) in [5.74, 6) is 0.498. The zero-order chi connectivity index (χ0) is 12.0. The molecule has 1 fully saturated rings. The first-order valence-corrected chi connectivity index (χ1v) is 5.75. The van der Waals surface area contributed by atoms with Crippen molar-refractivity contribution in [1.29, 1.82) is 0 Å². The van der Waals surface area contributed by atoms with Crippen molar-refractivity contribution >= 4 is 18.3 Å². The highest BCUT2D eigenvalue weighted by molar-refractivity contribution is 5.85. The number of methoxy groups -OCH3 is 1. The van der Waals surface area contributed by atoms with Gasteiger partial charge in [0.15, 0.2) is 0 Å². The van der Waals surface area contributed by atoms with E-state index in [1.807, 2.05) is 4.90 Å². The lowest BCUT2D eigenvalue weighted by atomic mass is 10.1. The van der Waals surface area contributed by atoms with Gasteiger partial charge in [0, 0.05) is 19.7 Å². The number of hydrogen-bond acceptors (Lipinski definition) is 4. The van der Waals surface area contributed by atoms with Crippen molar-refractivity contribution in [3.05, 3.63) is 0 Å². The van der Waals surface area contributed by atoms with Gasteiger partial charge in [-0.25, -0.2) is 0 Å². The van der Waals surface area contributed by atoms with Crippen LogP contribution in [-0.4, -0.2) is 56.9 Å². The number of halogens is 1. The van der Waals surface area contributed by atoms with E-state index in [1.54, 1.807) is 7.11 Å². The number of carbonyl (C=O) groups is 1. The molecule has 2 N–H and O–H groups in total. The van der Waals surface area contributed by atoms with Gasteiger partial charge < -0.3 is 20.1 Å². The summed E-state index contributed by atoms with van der Waals surface area (Å²) < 4.78 is 10.1. The monoisotopic (exact) mass is 266 g/mol. The molecule has 2 unspecified atom stereocenters. The third kappa shape index (κ3) is 5.21. The van der Waals surface area contributed by atoms with Crippen LogP contribution in [0.3, 0.4) is 0 Å². The zero-order valence-electron chi connectivity index (χ0n) is 10.6. The van der Waals surface area contributed by atoms with E-state index in [4.69, 9.17) is 15.2 Å². The van der Waals surface area contributed by atoms with Crippen molar-refractivity contribution in [2.24, 2.45) is 11.7 Å². The fourth-order valence-electron chi connectivity index (χ4n) is 2.05. The van der Waals surface area contributed by atoms with Gasteiger partial charge in [0.2, 0.25) is 5.91 Å². The second kappa shape index (κ2) is 8.69. The maximum absolute atomic E-state index is 11.8. The van der Waals surface area contributed by atoms with E-state index in [9.17, 15) is 4.79 Å². The maximum atomic E-state index is 11.8. The van der Waals surface area contributed by atoms with Crippen LogP contribution in [-0.2, 0) is 14.3 Å². The van der Waals surface area contributed by atoms with Crippen LogP contribution < -0.4 is 5.73 Å². The van der Waals surface area contributed by atoms with Gasteiger partial charge in [0.05, 0.1) is 13.2 Å². The van der Waals surface area contributed by atoms with Crippen molar-refractivity contribution in [2.75, 3.05) is 40.0 Å². The molecule has 6 heteroatoms. The first-order chi connectivity index (χ1) is 7.69. The SMILES string of the molecule is COCCOCC(=O)N1CC(CN)CC1C.Cl. The summed E-state index contributed by atoms with van der Waals surface area (Å²) in [5.41, 5.74) is 5.61. The molecular weight excluding hydrogens is 244 g/mol. The maximum Gasteiger partial charge on any atom is 0.248 e. The Bertz CT molecular complexity index is 229. The van der Waals surface area contributed by atoms with Crippen LogP contribution in [0.25, 0.3) is 0 Å². The third-order valence-electron chi connectivity index (χ3n) is 2.97. The van der Waals surface area contributed by atoms with Crippen LogP contribution in [0.1, 0.15) is 13.3 Å². The van der Waals surface area contributed by atoms with Gasteiger partial charge in [-0.3, -0.25) is 4.79 Å². The Kier molecular flexibility index (Phi) is 8.51. The largest absolute Gasteiger partial charge is 0.382 e. The minimum atomic E-state index is 0. The van der Waals surface area contributed by atoms with E-state index < -0.39 is 0 Å². The lowest BCUT2D eigenvalue weighted by molar-refractivity contribution is -0.137. The minimum absolute atomic E-state index is 0. The molecule has 1 saturated heterocycles. The molecule has 0 aliphatic carbocycles. The average Bonchev–Trinajstić information content (AvgIpc) is 2.66. The van der Waals surface area contributed by atoms with E-state index in [2.05, 4.69) is 6.92 Å². The molecule has 0 aromatic carbocycles. The molecule has 102 valence electrons. The fourth-order valence-corrected chi connectivity index (χ4v) is 2.05. The van der Waals surface area contributed by atoms with Crippen LogP contribution in [0, 0.1) is 5.92 Å². The lowest BCUT2D eigenvalue weighted by Crippen LogP contribution is -2.37. The molecule has 1 aliphatic rings. The van der Waals surface area contributed by atoms with Gasteiger partial charge >= 0.3 is 0 Å². The summed E-state index contributed by atoms with van der Waals surface area (Å²) in [7, 11) is 1.61. The number of likely N-dealkylation sites (tertiary alicyclic amines) is 1. The Morgan fingerprint density at radius 1 is 1.47 bits per heavy atom. The quantitative estimate of drug-likeness (QED) is 0.701. The summed E-state index contributed by atoms with van der Waals surface area (Å²) in [6, 6.07) is 0.284. The highest BCUT2D eigenvalue weighted by Gasteiger charge is 2.31. The molecular formula is C11H23ClN2O3. The van der Waals surface area contributed by atoms with Crippen LogP contribution in [0.5, 0.6) is 0 Å². The van der Waals surface area contributed by atoms with Gasteiger partial charge in [-0.1, -0.05) is 0 Å². The predicted octanol–water partition coefficient (Wildman–Crippen LogP) is 0.267. The van der Waals surface area contributed by atoms with Crippen molar-refractivity contribution in [3.8, 4) is 0 Å². The minimum Gasteiger partial charge on any atom is -0.382 e. The molecule has 0 spiro atoms. The molecule has 5 nitrogen and oxygen atoms in total. The Labute approximate surface area is 109 Å². The second-order valence-corrected chi connectivity index (χ2v) is 4.28. The number of carbonyl (C=O) groups excluding carboxylic acids is 1. The number of amides is 1. The number of nitrogens with zero attached hydrogens (tertiary/aromatic N) is 1. The van der Waals surface area contributed by atoms with E-state index in [0.717, 1.165) is 13.0 Å². The van der Waals surface area contributed by atoms with Gasteiger partial charge in [0.1, 0.15) is 6.61 Å². The van der Waals surface area contributed by atoms with Crippen LogP contribution in [0.2, 0.25) is 0 Å². The van der Waals surface area contributed by atoms with Gasteiger partial charge in [-0.15, -0.1) is 12.4 Å². The second-order valence-electron chi connectivity index (χ2n) is 4.28. The molecule has 0 aromatic rings. The summed E-state index contributed by atoms with van der Waals surface area (Å²) in [4.78, 5) is 13.7. The Morgan fingerprint density at radius 3 is 2.71 bits per heavy atom. The highest BCUT2D eigenvalue weighted by Crippen LogP contribution is 2.21. The average molecular weight is 267 g/mol. The molecule has 2 atom stereocenters. The first kappa shape index (κ1) is 16.6. The van der Waals surface area contributed by atoms with E-state index >= 15 is 0 Å². The van der Waals surface area contributed by atoms with Gasteiger partial charge in [-0.05, 0) is 25.8 Å². The smallest absolute Gasteiger partial charge is 0.248 e. The molecule has 1 aliphatic heterocycles. The standard InChI is InChI=1S/C11H22N2O3.ClH/c1-9-5-10(6-12)7-13(9)11(14)8-16-4-3-15-2;/h9-10H,3-8,12H2,1-2H3;1H. The normalized spacial score (nSPS) is 23.6. The van der Waals surface area contributed by atoms with Crippen molar-refractivity contribution in [2.45, 2.75) is 19.4 Å². The predicted molar refractivity (Wildman–Crippen MR) is 68.3 cm³/mol. The Balaban J connectivity index is 0.00000256. The summed E-state index contributed by atoms with van der Waals surface area (Å²) in [5, 5.41) is 0. The molecule has 0 saturated carbocycles.